The lowest BCUT2D eigenvalue weighted by atomic mass is 10.1. The number of carbonyl (C=O) groups excluding carboxylic acids is 1. The molecular weight excluding hydrogens is 274 g/mol. The summed E-state index contributed by atoms with van der Waals surface area (Å²) in [5.74, 6) is 0.532. The van der Waals surface area contributed by atoms with Crippen LogP contribution in [0.1, 0.15) is 29.0 Å². The first-order valence-electron chi connectivity index (χ1n) is 7.20. The van der Waals surface area contributed by atoms with Crippen LogP contribution < -0.4 is 5.32 Å². The molecule has 1 aromatic heterocycles. The Kier molecular flexibility index (Phi) is 4.01. The van der Waals surface area contributed by atoms with E-state index >= 15 is 0 Å². The first-order chi connectivity index (χ1) is 10.7. The Balaban J connectivity index is 1.72. The van der Waals surface area contributed by atoms with E-state index in [2.05, 4.69) is 15.3 Å². The van der Waals surface area contributed by atoms with Crippen molar-refractivity contribution in [3.63, 3.8) is 0 Å². The van der Waals surface area contributed by atoms with Crippen LogP contribution >= 0.6 is 0 Å². The molecule has 1 unspecified atom stereocenters. The molecule has 1 heterocycles. The Bertz CT molecular complexity index is 750. The van der Waals surface area contributed by atoms with Gasteiger partial charge in [0.05, 0.1) is 12.2 Å². The van der Waals surface area contributed by atoms with Crippen molar-refractivity contribution in [1.29, 1.82) is 0 Å². The maximum atomic E-state index is 12.3. The number of benzene rings is 2. The van der Waals surface area contributed by atoms with E-state index < -0.39 is 0 Å². The van der Waals surface area contributed by atoms with Crippen LogP contribution in [0, 0.1) is 0 Å². The molecule has 22 heavy (non-hydrogen) atoms. The van der Waals surface area contributed by atoms with Gasteiger partial charge in [0, 0.05) is 5.56 Å². The average molecular weight is 291 g/mol. The fraction of sp³-hybridized carbons (Fsp3) is 0.111. The molecule has 0 aliphatic heterocycles. The summed E-state index contributed by atoms with van der Waals surface area (Å²) < 4.78 is 0. The zero-order valence-corrected chi connectivity index (χ0v) is 12.3. The smallest absolute Gasteiger partial charge is 0.269 e. The summed E-state index contributed by atoms with van der Waals surface area (Å²) in [5, 5.41) is 2.97. The van der Waals surface area contributed by atoms with E-state index in [-0.39, 0.29) is 11.9 Å². The predicted molar refractivity (Wildman–Crippen MR) is 86.3 cm³/mol. The van der Waals surface area contributed by atoms with Crippen LogP contribution in [0.25, 0.3) is 11.4 Å². The maximum Gasteiger partial charge on any atom is 0.269 e. The SMILES string of the molecule is CC(NC(=O)c1cnc(-c2ccccc2)[nH]1)c1ccccc1. The molecule has 3 aromatic rings. The number of rotatable bonds is 4. The topological polar surface area (TPSA) is 57.8 Å². The Morgan fingerprint density at radius 1 is 1.05 bits per heavy atom. The molecule has 1 amide bonds. The summed E-state index contributed by atoms with van der Waals surface area (Å²) in [7, 11) is 0. The summed E-state index contributed by atoms with van der Waals surface area (Å²) in [6.07, 6.45) is 1.56. The third-order valence-electron chi connectivity index (χ3n) is 3.51. The molecule has 2 aromatic carbocycles. The van der Waals surface area contributed by atoms with Crippen LogP contribution in [-0.2, 0) is 0 Å². The molecule has 3 rings (SSSR count). The minimum atomic E-state index is -0.161. The number of H-pyrrole nitrogens is 1. The number of hydrogen-bond acceptors (Lipinski definition) is 2. The highest BCUT2D eigenvalue weighted by molar-refractivity contribution is 5.92. The zero-order valence-electron chi connectivity index (χ0n) is 12.3. The molecule has 110 valence electrons. The molecule has 0 fully saturated rings. The molecule has 0 saturated carbocycles. The van der Waals surface area contributed by atoms with Gasteiger partial charge in [-0.1, -0.05) is 60.7 Å². The third-order valence-corrected chi connectivity index (χ3v) is 3.51. The molecule has 2 N–H and O–H groups in total. The van der Waals surface area contributed by atoms with Crippen LogP contribution in [0.4, 0.5) is 0 Å². The van der Waals surface area contributed by atoms with Gasteiger partial charge in [-0.2, -0.15) is 0 Å². The van der Waals surface area contributed by atoms with Gasteiger partial charge in [-0.15, -0.1) is 0 Å². The van der Waals surface area contributed by atoms with Gasteiger partial charge in [0.15, 0.2) is 0 Å². The number of amides is 1. The fourth-order valence-electron chi connectivity index (χ4n) is 2.28. The van der Waals surface area contributed by atoms with Gasteiger partial charge in [0.2, 0.25) is 0 Å². The summed E-state index contributed by atoms with van der Waals surface area (Å²) in [5.41, 5.74) is 2.48. The van der Waals surface area contributed by atoms with Crippen LogP contribution in [0.15, 0.2) is 66.9 Å². The van der Waals surface area contributed by atoms with Crippen LogP contribution in [0.3, 0.4) is 0 Å². The second-order valence-electron chi connectivity index (χ2n) is 5.12. The van der Waals surface area contributed by atoms with E-state index in [1.54, 1.807) is 6.20 Å². The Labute approximate surface area is 129 Å². The minimum absolute atomic E-state index is 0.0582. The van der Waals surface area contributed by atoms with Crippen LogP contribution in [-0.4, -0.2) is 15.9 Å². The Morgan fingerprint density at radius 2 is 1.68 bits per heavy atom. The van der Waals surface area contributed by atoms with E-state index in [1.807, 2.05) is 67.6 Å². The van der Waals surface area contributed by atoms with Crippen molar-refractivity contribution >= 4 is 5.91 Å². The fourth-order valence-corrected chi connectivity index (χ4v) is 2.28. The maximum absolute atomic E-state index is 12.3. The number of aromatic amines is 1. The first kappa shape index (κ1) is 14.1. The molecule has 0 saturated heterocycles. The first-order valence-corrected chi connectivity index (χ1v) is 7.20. The number of aromatic nitrogens is 2. The normalized spacial score (nSPS) is 11.9. The molecular formula is C18H17N3O. The molecule has 4 nitrogen and oxygen atoms in total. The summed E-state index contributed by atoms with van der Waals surface area (Å²) in [4.78, 5) is 19.6. The van der Waals surface area contributed by atoms with E-state index in [0.717, 1.165) is 11.1 Å². The zero-order chi connectivity index (χ0) is 15.4. The Morgan fingerprint density at radius 3 is 2.36 bits per heavy atom. The van der Waals surface area contributed by atoms with Gasteiger partial charge in [0.25, 0.3) is 5.91 Å². The highest BCUT2D eigenvalue weighted by atomic mass is 16.1. The van der Waals surface area contributed by atoms with E-state index in [1.165, 1.54) is 0 Å². The van der Waals surface area contributed by atoms with Crippen molar-refractivity contribution in [3.05, 3.63) is 78.1 Å². The lowest BCUT2D eigenvalue weighted by molar-refractivity contribution is 0.0935. The second-order valence-corrected chi connectivity index (χ2v) is 5.12. The average Bonchev–Trinajstić information content (AvgIpc) is 3.06. The van der Waals surface area contributed by atoms with Crippen molar-refractivity contribution in [2.24, 2.45) is 0 Å². The lowest BCUT2D eigenvalue weighted by Crippen LogP contribution is -2.26. The van der Waals surface area contributed by atoms with Gasteiger partial charge in [-0.05, 0) is 12.5 Å². The summed E-state index contributed by atoms with van der Waals surface area (Å²) in [6, 6.07) is 19.5. The third kappa shape index (κ3) is 3.06. The van der Waals surface area contributed by atoms with Crippen LogP contribution in [0.5, 0.6) is 0 Å². The standard InChI is InChI=1S/C18H17N3O/c1-13(14-8-4-2-5-9-14)20-18(22)16-12-19-17(21-16)15-10-6-3-7-11-15/h2-13H,1H3,(H,19,21)(H,20,22). The number of nitrogens with one attached hydrogen (secondary N) is 2. The summed E-state index contributed by atoms with van der Waals surface area (Å²) >= 11 is 0. The van der Waals surface area contributed by atoms with E-state index in [9.17, 15) is 4.79 Å². The number of hydrogen-bond donors (Lipinski definition) is 2. The van der Waals surface area contributed by atoms with Crippen molar-refractivity contribution < 1.29 is 4.79 Å². The van der Waals surface area contributed by atoms with E-state index in [4.69, 9.17) is 0 Å². The van der Waals surface area contributed by atoms with Gasteiger partial charge in [0.1, 0.15) is 11.5 Å². The molecule has 0 spiro atoms. The van der Waals surface area contributed by atoms with Gasteiger partial charge >= 0.3 is 0 Å². The highest BCUT2D eigenvalue weighted by Crippen LogP contribution is 2.16. The summed E-state index contributed by atoms with van der Waals surface area (Å²) in [6.45, 7) is 1.96. The molecule has 0 radical (unpaired) electrons. The van der Waals surface area contributed by atoms with Crippen LogP contribution in [0.2, 0.25) is 0 Å². The molecule has 0 bridgehead atoms. The molecule has 4 heteroatoms. The van der Waals surface area contributed by atoms with Gasteiger partial charge in [-0.3, -0.25) is 4.79 Å². The molecule has 0 aliphatic carbocycles. The quantitative estimate of drug-likeness (QED) is 0.772. The second kappa shape index (κ2) is 6.26. The van der Waals surface area contributed by atoms with Crippen molar-refractivity contribution in [2.45, 2.75) is 13.0 Å². The number of carbonyl (C=O) groups is 1. The Hall–Kier alpha value is -2.88. The number of imidazole rings is 1. The minimum Gasteiger partial charge on any atom is -0.344 e. The van der Waals surface area contributed by atoms with Crippen molar-refractivity contribution in [1.82, 2.24) is 15.3 Å². The lowest BCUT2D eigenvalue weighted by Gasteiger charge is -2.13. The van der Waals surface area contributed by atoms with Crippen molar-refractivity contribution in [3.8, 4) is 11.4 Å². The highest BCUT2D eigenvalue weighted by Gasteiger charge is 2.14. The van der Waals surface area contributed by atoms with Crippen molar-refractivity contribution in [2.75, 3.05) is 0 Å². The van der Waals surface area contributed by atoms with Gasteiger partial charge in [-0.25, -0.2) is 4.98 Å². The van der Waals surface area contributed by atoms with E-state index in [0.29, 0.717) is 11.5 Å². The van der Waals surface area contributed by atoms with Gasteiger partial charge < -0.3 is 10.3 Å². The monoisotopic (exact) mass is 291 g/mol. The number of nitrogens with zero attached hydrogens (tertiary/aromatic N) is 1. The molecule has 1 atom stereocenters. The molecule has 0 aliphatic rings. The predicted octanol–water partition coefficient (Wildman–Crippen LogP) is 3.57. The largest absolute Gasteiger partial charge is 0.344 e.